The summed E-state index contributed by atoms with van der Waals surface area (Å²) >= 11 is 6.32. The van der Waals surface area contributed by atoms with Crippen molar-refractivity contribution >= 4 is 37.9 Å². The molecule has 1 saturated heterocycles. The van der Waals surface area contributed by atoms with Gasteiger partial charge in [-0.2, -0.15) is 0 Å². The normalized spacial score (nSPS) is 16.9. The monoisotopic (exact) mass is 654 g/mol. The van der Waals surface area contributed by atoms with Crippen LogP contribution in [0.3, 0.4) is 0 Å². The van der Waals surface area contributed by atoms with Gasteiger partial charge in [-0.25, -0.2) is 14.4 Å². The number of ether oxygens (including phenoxy) is 3. The average Bonchev–Trinajstić information content (AvgIpc) is 2.94. The van der Waals surface area contributed by atoms with Crippen LogP contribution in [-0.2, 0) is 14.2 Å². The molecule has 10 nitrogen and oxygen atoms in total. The third-order valence-corrected chi connectivity index (χ3v) is 9.60. The zero-order chi connectivity index (χ0) is 32.9. The molecule has 0 aromatic heterocycles. The number of methoxy groups -OCH3 is 1. The minimum absolute atomic E-state index is 0.0307. The third kappa shape index (κ3) is 14.5. The Kier molecular flexibility index (Phi) is 15.3. The van der Waals surface area contributed by atoms with Gasteiger partial charge in [0.15, 0.2) is 0 Å². The van der Waals surface area contributed by atoms with Crippen LogP contribution in [0.5, 0.6) is 0 Å². The van der Waals surface area contributed by atoms with Gasteiger partial charge < -0.3 is 34.6 Å². The molecule has 250 valence electrons. The maximum atomic E-state index is 13.7. The largest absolute Gasteiger partial charge is 0.453 e. The zero-order valence-corrected chi connectivity index (χ0v) is 29.8. The van der Waals surface area contributed by atoms with Gasteiger partial charge in [-0.15, -0.1) is 0 Å². The molecular weight excluding hydrogens is 600 g/mol. The van der Waals surface area contributed by atoms with Crippen molar-refractivity contribution in [2.24, 2.45) is 11.3 Å². The third-order valence-electron chi connectivity index (χ3n) is 7.66. The van der Waals surface area contributed by atoms with E-state index in [1.54, 1.807) is 11.9 Å². The predicted molar refractivity (Wildman–Crippen MR) is 178 cm³/mol. The summed E-state index contributed by atoms with van der Waals surface area (Å²) in [6.07, 6.45) is 2.15. The number of alkyl carbamates (subject to hydrolysis) is 1. The number of nitrogens with zero attached hydrogens (tertiary/aromatic N) is 2. The van der Waals surface area contributed by atoms with E-state index in [0.717, 1.165) is 37.3 Å². The predicted octanol–water partition coefficient (Wildman–Crippen LogP) is 6.78. The SMILES string of the molecule is COC(=O)NCCO[C@@H](c1cccc(Cl)c1)[C@@H]1CCCN(C(=O)N[C@@H](CCC(C)(C)C)CN(C)C(=O)OCC[Si](C)(C)C)C1. The molecule has 0 radical (unpaired) electrons. The Morgan fingerprint density at radius 1 is 1.18 bits per heavy atom. The van der Waals surface area contributed by atoms with Crippen molar-refractivity contribution in [3.05, 3.63) is 34.9 Å². The van der Waals surface area contributed by atoms with Crippen LogP contribution in [0.1, 0.15) is 58.1 Å². The van der Waals surface area contributed by atoms with E-state index in [-0.39, 0.29) is 42.2 Å². The first-order valence-electron chi connectivity index (χ1n) is 15.7. The number of likely N-dealkylation sites (tertiary alicyclic amines) is 1. The van der Waals surface area contributed by atoms with E-state index in [9.17, 15) is 14.4 Å². The van der Waals surface area contributed by atoms with Crippen molar-refractivity contribution in [1.82, 2.24) is 20.4 Å². The van der Waals surface area contributed by atoms with Gasteiger partial charge in [0.2, 0.25) is 0 Å². The summed E-state index contributed by atoms with van der Waals surface area (Å²) in [7, 11) is 1.73. The number of hydrogen-bond donors (Lipinski definition) is 2. The van der Waals surface area contributed by atoms with Crippen LogP contribution in [0.2, 0.25) is 30.7 Å². The summed E-state index contributed by atoms with van der Waals surface area (Å²) in [5.41, 5.74) is 1.01. The summed E-state index contributed by atoms with van der Waals surface area (Å²) in [5, 5.41) is 6.48. The average molecular weight is 655 g/mol. The van der Waals surface area contributed by atoms with Crippen LogP contribution < -0.4 is 10.6 Å². The molecule has 0 spiro atoms. The first kappa shape index (κ1) is 37.7. The molecule has 3 atom stereocenters. The van der Waals surface area contributed by atoms with Gasteiger partial charge in [0.1, 0.15) is 0 Å². The molecule has 1 aliphatic rings. The van der Waals surface area contributed by atoms with E-state index < -0.39 is 14.2 Å². The van der Waals surface area contributed by atoms with Crippen molar-refractivity contribution in [1.29, 1.82) is 0 Å². The van der Waals surface area contributed by atoms with Crippen molar-refractivity contribution in [2.75, 3.05) is 53.6 Å². The summed E-state index contributed by atoms with van der Waals surface area (Å²) in [5.74, 6) is 0.0307. The number of carbonyl (C=O) groups is 3. The molecule has 44 heavy (non-hydrogen) atoms. The lowest BCUT2D eigenvalue weighted by Gasteiger charge is -2.38. The van der Waals surface area contributed by atoms with Crippen LogP contribution in [0.4, 0.5) is 14.4 Å². The van der Waals surface area contributed by atoms with Gasteiger partial charge >= 0.3 is 18.2 Å². The Balaban J connectivity index is 2.09. The number of hydrogen-bond acceptors (Lipinski definition) is 6. The molecule has 1 fully saturated rings. The standard InChI is InChI=1S/C32H55ClN4O6Si/c1-32(2,3)15-14-27(23-36(4)31(40)43-19-20-44(6,7)8)35-29(38)37-17-10-12-25(22-37)28(24-11-9-13-26(33)21-24)42-18-16-34-30(39)41-5/h9,11,13,21,25,27-28H,10,12,14-20,22-23H2,1-8H3,(H,34,39)(H,35,38)/t25-,27+,28+/m1/s1. The molecule has 0 unspecified atom stereocenters. The van der Waals surface area contributed by atoms with Crippen LogP contribution in [-0.4, -0.2) is 95.7 Å². The molecule has 2 rings (SSSR count). The fourth-order valence-electron chi connectivity index (χ4n) is 5.08. The highest BCUT2D eigenvalue weighted by Gasteiger charge is 2.32. The topological polar surface area (TPSA) is 109 Å². The number of urea groups is 1. The number of nitrogens with one attached hydrogen (secondary N) is 2. The number of piperidine rings is 1. The highest BCUT2D eigenvalue weighted by Crippen LogP contribution is 2.34. The van der Waals surface area contributed by atoms with E-state index in [2.05, 4.69) is 55.8 Å². The van der Waals surface area contributed by atoms with Crippen molar-refractivity contribution < 1.29 is 28.6 Å². The molecule has 1 aliphatic heterocycles. The molecular formula is C32H55ClN4O6Si. The van der Waals surface area contributed by atoms with E-state index >= 15 is 0 Å². The van der Waals surface area contributed by atoms with Crippen molar-refractivity contribution in [2.45, 2.75) is 84.3 Å². The molecule has 0 saturated carbocycles. The lowest BCUT2D eigenvalue weighted by molar-refractivity contribution is -0.00869. The number of benzene rings is 1. The fourth-order valence-corrected chi connectivity index (χ4v) is 6.00. The first-order valence-corrected chi connectivity index (χ1v) is 19.8. The first-order chi connectivity index (χ1) is 20.6. The Morgan fingerprint density at radius 2 is 1.91 bits per heavy atom. The van der Waals surface area contributed by atoms with Crippen LogP contribution in [0, 0.1) is 11.3 Å². The van der Waals surface area contributed by atoms with Gasteiger partial charge in [0, 0.05) is 58.3 Å². The quantitative estimate of drug-likeness (QED) is 0.169. The number of likely N-dealkylation sites (N-methyl/N-ethyl adjacent to an activating group) is 1. The van der Waals surface area contributed by atoms with Crippen LogP contribution in [0.25, 0.3) is 0 Å². The minimum atomic E-state index is -1.32. The second-order valence-electron chi connectivity index (χ2n) is 14.2. The molecule has 12 heteroatoms. The van der Waals surface area contributed by atoms with Gasteiger partial charge in [0.05, 0.1) is 26.4 Å². The molecule has 2 N–H and O–H groups in total. The van der Waals surface area contributed by atoms with Gasteiger partial charge in [-0.1, -0.05) is 64.1 Å². The lowest BCUT2D eigenvalue weighted by atomic mass is 9.88. The maximum Gasteiger partial charge on any atom is 0.409 e. The number of rotatable bonds is 14. The number of halogens is 1. The second kappa shape index (κ2) is 17.8. The Bertz CT molecular complexity index is 1060. The van der Waals surface area contributed by atoms with Crippen molar-refractivity contribution in [3.63, 3.8) is 0 Å². The molecule has 0 bridgehead atoms. The Morgan fingerprint density at radius 3 is 2.55 bits per heavy atom. The van der Waals surface area contributed by atoms with Gasteiger partial charge in [-0.3, -0.25) is 0 Å². The van der Waals surface area contributed by atoms with Crippen LogP contribution >= 0.6 is 11.6 Å². The van der Waals surface area contributed by atoms with E-state index in [1.165, 1.54) is 7.11 Å². The summed E-state index contributed by atoms with van der Waals surface area (Å²) in [6, 6.07) is 8.12. The summed E-state index contributed by atoms with van der Waals surface area (Å²) in [4.78, 5) is 41.3. The second-order valence-corrected chi connectivity index (χ2v) is 20.2. The minimum Gasteiger partial charge on any atom is -0.453 e. The zero-order valence-electron chi connectivity index (χ0n) is 28.0. The highest BCUT2D eigenvalue weighted by molar-refractivity contribution is 6.76. The smallest absolute Gasteiger partial charge is 0.409 e. The molecule has 0 aliphatic carbocycles. The van der Waals surface area contributed by atoms with E-state index in [4.69, 9.17) is 21.1 Å². The van der Waals surface area contributed by atoms with Gasteiger partial charge in [0.25, 0.3) is 0 Å². The Labute approximate surface area is 270 Å². The van der Waals surface area contributed by atoms with Crippen LogP contribution in [0.15, 0.2) is 24.3 Å². The van der Waals surface area contributed by atoms with E-state index in [0.29, 0.717) is 37.8 Å². The summed E-state index contributed by atoms with van der Waals surface area (Å²) < 4.78 is 16.5. The number of carbonyl (C=O) groups excluding carboxylic acids is 3. The molecule has 1 heterocycles. The molecule has 1 aromatic rings. The van der Waals surface area contributed by atoms with E-state index in [1.807, 2.05) is 29.2 Å². The Hall–Kier alpha value is -2.50. The number of amides is 4. The molecule has 4 amide bonds. The highest BCUT2D eigenvalue weighted by atomic mass is 35.5. The lowest BCUT2D eigenvalue weighted by Crippen LogP contribution is -2.52. The summed E-state index contributed by atoms with van der Waals surface area (Å²) in [6.45, 7) is 15.8. The fraction of sp³-hybridized carbons (Fsp3) is 0.719. The molecule has 1 aromatic carbocycles. The van der Waals surface area contributed by atoms with Crippen molar-refractivity contribution in [3.8, 4) is 0 Å². The maximum absolute atomic E-state index is 13.7. The van der Waals surface area contributed by atoms with Gasteiger partial charge in [-0.05, 0) is 54.8 Å².